The summed E-state index contributed by atoms with van der Waals surface area (Å²) >= 11 is 1.49. The first-order valence-corrected chi connectivity index (χ1v) is 8.20. The summed E-state index contributed by atoms with van der Waals surface area (Å²) in [6.45, 7) is 9.01. The Morgan fingerprint density at radius 3 is 3.15 bits per heavy atom. The molecule has 1 saturated heterocycles. The van der Waals surface area contributed by atoms with Crippen molar-refractivity contribution in [3.05, 3.63) is 11.1 Å². The average molecular weight is 296 g/mol. The Balaban J connectivity index is 1.85. The third-order valence-corrected chi connectivity index (χ3v) is 4.39. The van der Waals surface area contributed by atoms with Crippen LogP contribution in [-0.4, -0.2) is 42.0 Å². The van der Waals surface area contributed by atoms with Crippen LogP contribution in [0.4, 0.5) is 5.13 Å². The van der Waals surface area contributed by atoms with E-state index in [4.69, 9.17) is 0 Å². The van der Waals surface area contributed by atoms with E-state index in [2.05, 4.69) is 27.4 Å². The van der Waals surface area contributed by atoms with E-state index in [1.807, 2.05) is 5.38 Å². The Bertz CT molecular complexity index is 429. The van der Waals surface area contributed by atoms with Gasteiger partial charge in [-0.15, -0.1) is 11.3 Å². The molecule has 2 N–H and O–H groups in total. The molecule has 2 heterocycles. The fourth-order valence-corrected chi connectivity index (χ4v) is 3.31. The van der Waals surface area contributed by atoms with Crippen LogP contribution >= 0.6 is 11.3 Å². The van der Waals surface area contributed by atoms with Gasteiger partial charge in [0.05, 0.1) is 5.69 Å². The van der Waals surface area contributed by atoms with Crippen LogP contribution in [0.3, 0.4) is 0 Å². The number of thiazole rings is 1. The van der Waals surface area contributed by atoms with E-state index in [9.17, 15) is 4.79 Å². The fourth-order valence-electron chi connectivity index (χ4n) is 2.57. The first-order chi connectivity index (χ1) is 9.67. The zero-order valence-corrected chi connectivity index (χ0v) is 13.1. The molecule has 1 unspecified atom stereocenters. The smallest absolute Gasteiger partial charge is 0.223 e. The molecule has 112 valence electrons. The van der Waals surface area contributed by atoms with E-state index in [1.165, 1.54) is 31.1 Å². The summed E-state index contributed by atoms with van der Waals surface area (Å²) in [5.74, 6) is 0.684. The molecule has 0 radical (unpaired) electrons. The summed E-state index contributed by atoms with van der Waals surface area (Å²) in [4.78, 5) is 17.9. The number of rotatable bonds is 6. The van der Waals surface area contributed by atoms with Crippen LogP contribution < -0.4 is 10.6 Å². The molecule has 2 rings (SSSR count). The first kappa shape index (κ1) is 15.4. The molecule has 0 saturated carbocycles. The molecular formula is C14H24N4OS. The predicted molar refractivity (Wildman–Crippen MR) is 83.0 cm³/mol. The minimum Gasteiger partial charge on any atom is -0.316 e. The standard InChI is InChI=1S/C14H24N4OS/c1-3-18(8-12-5-4-6-15-7-12)9-13-10-20-14(17-13)16-11(2)19/h10,12,15H,3-9H2,1-2H3,(H,16,17,19). The number of hydrogen-bond donors (Lipinski definition) is 2. The topological polar surface area (TPSA) is 57.3 Å². The van der Waals surface area contributed by atoms with Gasteiger partial charge >= 0.3 is 0 Å². The molecule has 0 bridgehead atoms. The summed E-state index contributed by atoms with van der Waals surface area (Å²) in [6, 6.07) is 0. The summed E-state index contributed by atoms with van der Waals surface area (Å²) in [6.07, 6.45) is 2.60. The highest BCUT2D eigenvalue weighted by atomic mass is 32.1. The maximum absolute atomic E-state index is 11.0. The van der Waals surface area contributed by atoms with Crippen molar-refractivity contribution in [1.82, 2.24) is 15.2 Å². The van der Waals surface area contributed by atoms with Crippen molar-refractivity contribution >= 4 is 22.4 Å². The molecule has 1 fully saturated rings. The van der Waals surface area contributed by atoms with Gasteiger partial charge < -0.3 is 10.6 Å². The normalized spacial score (nSPS) is 19.2. The van der Waals surface area contributed by atoms with E-state index in [0.29, 0.717) is 5.13 Å². The largest absolute Gasteiger partial charge is 0.316 e. The fraction of sp³-hybridized carbons (Fsp3) is 0.714. The second kappa shape index (κ2) is 7.71. The quantitative estimate of drug-likeness (QED) is 0.842. The Labute approximate surface area is 124 Å². The molecule has 1 amide bonds. The van der Waals surface area contributed by atoms with Gasteiger partial charge in [0.15, 0.2) is 5.13 Å². The third-order valence-electron chi connectivity index (χ3n) is 3.58. The molecule has 1 aromatic heterocycles. The molecule has 5 nitrogen and oxygen atoms in total. The SMILES string of the molecule is CCN(Cc1csc(NC(C)=O)n1)CC1CCCNC1. The maximum atomic E-state index is 11.0. The minimum atomic E-state index is -0.0634. The van der Waals surface area contributed by atoms with E-state index in [0.717, 1.165) is 44.3 Å². The van der Waals surface area contributed by atoms with E-state index < -0.39 is 0 Å². The molecule has 1 aliphatic heterocycles. The third kappa shape index (κ3) is 4.85. The molecule has 6 heteroatoms. The molecule has 0 spiro atoms. The Hall–Kier alpha value is -0.980. The van der Waals surface area contributed by atoms with Crippen LogP contribution in [0, 0.1) is 5.92 Å². The van der Waals surface area contributed by atoms with Crippen LogP contribution in [0.15, 0.2) is 5.38 Å². The number of anilines is 1. The van der Waals surface area contributed by atoms with Crippen LogP contribution in [0.1, 0.15) is 32.4 Å². The van der Waals surface area contributed by atoms with Gasteiger partial charge in [-0.2, -0.15) is 0 Å². The molecular weight excluding hydrogens is 272 g/mol. The van der Waals surface area contributed by atoms with Gasteiger partial charge in [-0.1, -0.05) is 6.92 Å². The lowest BCUT2D eigenvalue weighted by molar-refractivity contribution is -0.114. The number of carbonyl (C=O) groups excluding carboxylic acids is 1. The lowest BCUT2D eigenvalue weighted by atomic mass is 9.99. The van der Waals surface area contributed by atoms with Crippen molar-refractivity contribution in [2.45, 2.75) is 33.2 Å². The maximum Gasteiger partial charge on any atom is 0.223 e. The van der Waals surface area contributed by atoms with E-state index >= 15 is 0 Å². The number of aromatic nitrogens is 1. The van der Waals surface area contributed by atoms with Gasteiger partial charge in [-0.3, -0.25) is 9.69 Å². The zero-order chi connectivity index (χ0) is 14.4. The van der Waals surface area contributed by atoms with Crippen LogP contribution in [0.5, 0.6) is 0 Å². The highest BCUT2D eigenvalue weighted by molar-refractivity contribution is 7.13. The number of nitrogens with zero attached hydrogens (tertiary/aromatic N) is 2. The zero-order valence-electron chi connectivity index (χ0n) is 12.3. The Kier molecular flexibility index (Phi) is 5.94. The number of piperidine rings is 1. The van der Waals surface area contributed by atoms with Crippen molar-refractivity contribution < 1.29 is 4.79 Å². The Morgan fingerprint density at radius 1 is 1.65 bits per heavy atom. The number of carbonyl (C=O) groups is 1. The van der Waals surface area contributed by atoms with Gasteiger partial charge in [-0.05, 0) is 38.4 Å². The van der Waals surface area contributed by atoms with Gasteiger partial charge in [0.2, 0.25) is 5.91 Å². The van der Waals surface area contributed by atoms with Crippen molar-refractivity contribution in [3.63, 3.8) is 0 Å². The first-order valence-electron chi connectivity index (χ1n) is 7.32. The van der Waals surface area contributed by atoms with Gasteiger partial charge in [0, 0.05) is 25.4 Å². The second-order valence-electron chi connectivity index (χ2n) is 5.37. The van der Waals surface area contributed by atoms with Gasteiger partial charge in [0.25, 0.3) is 0 Å². The molecule has 0 aromatic carbocycles. The molecule has 1 aromatic rings. The van der Waals surface area contributed by atoms with Crippen molar-refractivity contribution in [2.75, 3.05) is 31.5 Å². The van der Waals surface area contributed by atoms with Crippen molar-refractivity contribution in [2.24, 2.45) is 5.92 Å². The van der Waals surface area contributed by atoms with Crippen LogP contribution in [-0.2, 0) is 11.3 Å². The van der Waals surface area contributed by atoms with Crippen molar-refractivity contribution in [1.29, 1.82) is 0 Å². The van der Waals surface area contributed by atoms with Gasteiger partial charge in [0.1, 0.15) is 0 Å². The second-order valence-corrected chi connectivity index (χ2v) is 6.22. The van der Waals surface area contributed by atoms with Crippen LogP contribution in [0.25, 0.3) is 0 Å². The van der Waals surface area contributed by atoms with Gasteiger partial charge in [-0.25, -0.2) is 4.98 Å². The number of amides is 1. The lowest BCUT2D eigenvalue weighted by Crippen LogP contribution is -2.38. The number of nitrogens with one attached hydrogen (secondary N) is 2. The van der Waals surface area contributed by atoms with Crippen molar-refractivity contribution in [3.8, 4) is 0 Å². The summed E-state index contributed by atoms with van der Waals surface area (Å²) in [5, 5.41) is 8.94. The molecule has 1 atom stereocenters. The molecule has 0 aliphatic carbocycles. The highest BCUT2D eigenvalue weighted by Gasteiger charge is 2.17. The Morgan fingerprint density at radius 2 is 2.50 bits per heavy atom. The molecule has 20 heavy (non-hydrogen) atoms. The summed E-state index contributed by atoms with van der Waals surface area (Å²) < 4.78 is 0. The minimum absolute atomic E-state index is 0.0634. The highest BCUT2D eigenvalue weighted by Crippen LogP contribution is 2.18. The summed E-state index contributed by atoms with van der Waals surface area (Å²) in [7, 11) is 0. The lowest BCUT2D eigenvalue weighted by Gasteiger charge is -2.28. The molecule has 1 aliphatic rings. The van der Waals surface area contributed by atoms with E-state index in [-0.39, 0.29) is 5.91 Å². The monoisotopic (exact) mass is 296 g/mol. The number of hydrogen-bond acceptors (Lipinski definition) is 5. The predicted octanol–water partition coefficient (Wildman–Crippen LogP) is 1.92. The van der Waals surface area contributed by atoms with Crippen LogP contribution in [0.2, 0.25) is 0 Å². The summed E-state index contributed by atoms with van der Waals surface area (Å²) in [5.41, 5.74) is 1.05. The van der Waals surface area contributed by atoms with E-state index in [1.54, 1.807) is 0 Å². The average Bonchev–Trinajstić information content (AvgIpc) is 2.85.